The molecule has 0 radical (unpaired) electrons. The van der Waals surface area contributed by atoms with Gasteiger partial charge in [-0.2, -0.15) is 5.10 Å². The van der Waals surface area contributed by atoms with Crippen LogP contribution in [0.4, 0.5) is 8.78 Å². The average Bonchev–Trinajstić information content (AvgIpc) is 3.41. The largest absolute Gasteiger partial charge is 0.381 e. The third-order valence-electron chi connectivity index (χ3n) is 6.49. The number of sulfone groups is 1. The molecule has 0 spiro atoms. The van der Waals surface area contributed by atoms with Gasteiger partial charge in [-0.3, -0.25) is 9.36 Å². The highest BCUT2D eigenvalue weighted by Gasteiger charge is 2.41. The van der Waals surface area contributed by atoms with Gasteiger partial charge in [-0.15, -0.1) is 0 Å². The van der Waals surface area contributed by atoms with Gasteiger partial charge in [-0.1, -0.05) is 24.3 Å². The van der Waals surface area contributed by atoms with Crippen molar-refractivity contribution < 1.29 is 22.3 Å². The summed E-state index contributed by atoms with van der Waals surface area (Å²) in [6.07, 6.45) is 3.70. The van der Waals surface area contributed by atoms with E-state index in [1.807, 2.05) is 0 Å². The minimum atomic E-state index is -3.84. The van der Waals surface area contributed by atoms with Crippen LogP contribution in [-0.2, 0) is 22.0 Å². The monoisotopic (exact) mass is 537 g/mol. The van der Waals surface area contributed by atoms with Crippen molar-refractivity contribution in [2.45, 2.75) is 34.9 Å². The summed E-state index contributed by atoms with van der Waals surface area (Å²) in [5.74, 6) is -1.83. The van der Waals surface area contributed by atoms with Gasteiger partial charge in [-0.05, 0) is 43.3 Å². The Balaban J connectivity index is 1.60. The lowest BCUT2D eigenvalue weighted by Crippen LogP contribution is -2.43. The minimum Gasteiger partial charge on any atom is -0.381 e. The molecule has 0 saturated heterocycles. The predicted molar refractivity (Wildman–Crippen MR) is 133 cm³/mol. The second-order valence-electron chi connectivity index (χ2n) is 8.77. The van der Waals surface area contributed by atoms with Crippen molar-refractivity contribution >= 4 is 20.7 Å². The quantitative estimate of drug-likeness (QED) is 0.338. The number of aromatic nitrogens is 5. The Hall–Kier alpha value is -4.29. The average molecular weight is 538 g/mol. The smallest absolute Gasteiger partial charge is 0.261 e. The maximum Gasteiger partial charge on any atom is 0.261 e. The molecule has 3 aromatic carbocycles. The molecule has 2 atom stereocenters. The molecule has 0 fully saturated rings. The van der Waals surface area contributed by atoms with Crippen molar-refractivity contribution in [3.8, 4) is 0 Å². The molecule has 5 rings (SSSR count). The third kappa shape index (κ3) is 4.37. The van der Waals surface area contributed by atoms with E-state index in [0.717, 1.165) is 23.0 Å². The fourth-order valence-corrected chi connectivity index (χ4v) is 5.67. The van der Waals surface area contributed by atoms with Gasteiger partial charge < -0.3 is 5.11 Å². The van der Waals surface area contributed by atoms with Crippen molar-refractivity contribution in [3.05, 3.63) is 113 Å². The summed E-state index contributed by atoms with van der Waals surface area (Å²) in [4.78, 5) is 21.7. The molecule has 0 aliphatic heterocycles. The molecule has 0 bridgehead atoms. The molecule has 2 heterocycles. The number of rotatable bonds is 7. The lowest BCUT2D eigenvalue weighted by Gasteiger charge is -2.35. The number of nitrogens with zero attached hydrogens (tertiary/aromatic N) is 5. The third-order valence-corrected chi connectivity index (χ3v) is 8.26. The van der Waals surface area contributed by atoms with Gasteiger partial charge >= 0.3 is 0 Å². The van der Waals surface area contributed by atoms with Crippen LogP contribution in [-0.4, -0.2) is 37.8 Å². The van der Waals surface area contributed by atoms with Crippen molar-refractivity contribution in [2.75, 3.05) is 0 Å². The first-order valence-corrected chi connectivity index (χ1v) is 12.9. The molecule has 5 aromatic rings. The lowest BCUT2D eigenvalue weighted by atomic mass is 9.86. The van der Waals surface area contributed by atoms with E-state index in [-0.39, 0.29) is 32.8 Å². The fourth-order valence-electron chi connectivity index (χ4n) is 4.37. The second kappa shape index (κ2) is 9.54. The topological polar surface area (TPSA) is 120 Å². The summed E-state index contributed by atoms with van der Waals surface area (Å²) in [6.45, 7) is 1.18. The van der Waals surface area contributed by atoms with Crippen LogP contribution in [0.15, 0.2) is 100 Å². The number of halogens is 2. The van der Waals surface area contributed by atoms with Crippen LogP contribution >= 0.6 is 0 Å². The molecule has 194 valence electrons. The summed E-state index contributed by atoms with van der Waals surface area (Å²) in [6, 6.07) is 13.5. The fraction of sp³-hybridized carbons (Fsp3) is 0.154. The normalized spacial score (nSPS) is 14.3. The molecule has 12 heteroatoms. The Morgan fingerprint density at radius 3 is 2.45 bits per heavy atom. The molecule has 1 N–H and O–H groups in total. The van der Waals surface area contributed by atoms with E-state index in [4.69, 9.17) is 0 Å². The first-order valence-electron chi connectivity index (χ1n) is 11.4. The summed E-state index contributed by atoms with van der Waals surface area (Å²) < 4.78 is 56.9. The molecule has 0 aliphatic rings. The van der Waals surface area contributed by atoms with Gasteiger partial charge in [0.15, 0.2) is 0 Å². The van der Waals surface area contributed by atoms with E-state index in [1.54, 1.807) is 18.2 Å². The first-order chi connectivity index (χ1) is 18.1. The van der Waals surface area contributed by atoms with Crippen LogP contribution in [0.5, 0.6) is 0 Å². The highest BCUT2D eigenvalue weighted by molar-refractivity contribution is 7.91. The summed E-state index contributed by atoms with van der Waals surface area (Å²) in [5, 5.41) is 15.9. The Morgan fingerprint density at radius 2 is 1.76 bits per heavy atom. The highest BCUT2D eigenvalue weighted by atomic mass is 32.2. The Kier molecular flexibility index (Phi) is 6.37. The number of hydrogen-bond acceptors (Lipinski definition) is 7. The standard InChI is InChI=1S/C26H21F2N5O4S/c1-17(26(35,13-32-15-29-14-31-32)22-10-7-18(27)11-23(22)28)33-16-30-24-12-20(8-9-21(24)25(33)34)38(36,37)19-5-3-2-4-6-19/h2-12,14-17,35H,13H2,1H3. The van der Waals surface area contributed by atoms with Crippen molar-refractivity contribution in [1.82, 2.24) is 24.3 Å². The summed E-state index contributed by atoms with van der Waals surface area (Å²) >= 11 is 0. The Bertz CT molecular complexity index is 1790. The van der Waals surface area contributed by atoms with Crippen LogP contribution in [0, 0.1) is 11.6 Å². The van der Waals surface area contributed by atoms with Gasteiger partial charge in [0.25, 0.3) is 5.56 Å². The Labute approximate surface area is 215 Å². The maximum atomic E-state index is 14.9. The predicted octanol–water partition coefficient (Wildman–Crippen LogP) is 3.25. The van der Waals surface area contributed by atoms with E-state index < -0.39 is 38.7 Å². The van der Waals surface area contributed by atoms with Gasteiger partial charge in [0.1, 0.15) is 29.9 Å². The molecule has 0 saturated carbocycles. The zero-order valence-electron chi connectivity index (χ0n) is 19.9. The van der Waals surface area contributed by atoms with Gasteiger partial charge in [0, 0.05) is 11.6 Å². The highest BCUT2D eigenvalue weighted by Crippen LogP contribution is 2.36. The van der Waals surface area contributed by atoms with E-state index in [9.17, 15) is 27.1 Å². The van der Waals surface area contributed by atoms with Crippen LogP contribution in [0.1, 0.15) is 18.5 Å². The first kappa shape index (κ1) is 25.4. The van der Waals surface area contributed by atoms with Crippen LogP contribution in [0.3, 0.4) is 0 Å². The molecule has 9 nitrogen and oxygen atoms in total. The number of benzene rings is 3. The van der Waals surface area contributed by atoms with E-state index in [1.165, 1.54) is 54.6 Å². The number of aliphatic hydroxyl groups is 1. The van der Waals surface area contributed by atoms with E-state index in [2.05, 4.69) is 15.1 Å². The maximum absolute atomic E-state index is 14.9. The molecular formula is C26H21F2N5O4S. The minimum absolute atomic E-state index is 0.0371. The second-order valence-corrected chi connectivity index (χ2v) is 10.7. The van der Waals surface area contributed by atoms with Crippen molar-refractivity contribution in [1.29, 1.82) is 0 Å². The van der Waals surface area contributed by atoms with Crippen molar-refractivity contribution in [3.63, 3.8) is 0 Å². The SMILES string of the molecule is CC(n1cnc2cc(S(=O)(=O)c3ccccc3)ccc2c1=O)C(O)(Cn1cncn1)c1ccc(F)cc1F. The van der Waals surface area contributed by atoms with Crippen molar-refractivity contribution in [2.24, 2.45) is 0 Å². The Morgan fingerprint density at radius 1 is 1.00 bits per heavy atom. The molecule has 38 heavy (non-hydrogen) atoms. The molecule has 2 unspecified atom stereocenters. The van der Waals surface area contributed by atoms with Crippen LogP contribution in [0.2, 0.25) is 0 Å². The van der Waals surface area contributed by atoms with Gasteiger partial charge in [0.05, 0.1) is 39.6 Å². The van der Waals surface area contributed by atoms with Gasteiger partial charge in [0.2, 0.25) is 9.84 Å². The molecule has 2 aromatic heterocycles. The lowest BCUT2D eigenvalue weighted by molar-refractivity contribution is -0.0343. The number of hydrogen-bond donors (Lipinski definition) is 1. The summed E-state index contributed by atoms with van der Waals surface area (Å²) in [7, 11) is -3.84. The number of fused-ring (bicyclic) bond motifs is 1. The zero-order valence-corrected chi connectivity index (χ0v) is 20.8. The van der Waals surface area contributed by atoms with Crippen LogP contribution < -0.4 is 5.56 Å². The molecular weight excluding hydrogens is 516 g/mol. The molecule has 0 amide bonds. The zero-order chi connectivity index (χ0) is 27.1. The summed E-state index contributed by atoms with van der Waals surface area (Å²) in [5.41, 5.74) is -2.80. The molecule has 0 aliphatic carbocycles. The van der Waals surface area contributed by atoms with E-state index in [0.29, 0.717) is 6.07 Å². The van der Waals surface area contributed by atoms with Crippen LogP contribution in [0.25, 0.3) is 10.9 Å². The van der Waals surface area contributed by atoms with E-state index >= 15 is 0 Å². The van der Waals surface area contributed by atoms with Gasteiger partial charge in [-0.25, -0.2) is 31.8 Å².